The molecule has 4 aromatic rings. The lowest BCUT2D eigenvalue weighted by molar-refractivity contribution is -0.136. The lowest BCUT2D eigenvalue weighted by atomic mass is 9.97. The fourth-order valence-corrected chi connectivity index (χ4v) is 7.35. The van der Waals surface area contributed by atoms with E-state index in [0.717, 1.165) is 65.5 Å². The number of aromatic amines is 2. The zero-order valence-electron chi connectivity index (χ0n) is 32.3. The number of nitrogens with zero attached hydrogens (tertiary/aromatic N) is 4. The number of rotatable bonds is 10. The quantitative estimate of drug-likeness (QED) is 0.147. The van der Waals surface area contributed by atoms with Crippen LogP contribution in [0.25, 0.3) is 22.3 Å². The largest absolute Gasteiger partial charge is 0.453 e. The Labute approximate surface area is 321 Å². The average molecular weight is 751 g/mol. The van der Waals surface area contributed by atoms with Crippen LogP contribution in [0.3, 0.4) is 0 Å². The van der Waals surface area contributed by atoms with Gasteiger partial charge in [0.2, 0.25) is 11.8 Å². The third kappa shape index (κ3) is 8.61. The van der Waals surface area contributed by atoms with Gasteiger partial charge in [0.05, 0.1) is 49.2 Å². The first-order chi connectivity index (χ1) is 26.5. The maximum absolute atomic E-state index is 13.7. The molecule has 6 rings (SSSR count). The Morgan fingerprint density at radius 2 is 1.40 bits per heavy atom. The van der Waals surface area contributed by atoms with Gasteiger partial charge in [0.15, 0.2) is 0 Å². The van der Waals surface area contributed by atoms with E-state index in [1.807, 2.05) is 75.1 Å². The molecule has 0 bridgehead atoms. The zero-order valence-corrected chi connectivity index (χ0v) is 32.3. The number of alkyl carbamates (subject to hydrolysis) is 2. The van der Waals surface area contributed by atoms with Crippen molar-refractivity contribution in [3.63, 3.8) is 0 Å². The number of hydrogen-bond donors (Lipinski definition) is 4. The van der Waals surface area contributed by atoms with Crippen molar-refractivity contribution in [3.8, 4) is 23.1 Å². The van der Waals surface area contributed by atoms with Crippen LogP contribution in [0.15, 0.2) is 48.7 Å². The van der Waals surface area contributed by atoms with Gasteiger partial charge in [0, 0.05) is 24.2 Å². The molecule has 290 valence electrons. The summed E-state index contributed by atoms with van der Waals surface area (Å²) in [5.74, 6) is 7.48. The van der Waals surface area contributed by atoms with Gasteiger partial charge < -0.3 is 39.9 Å². The van der Waals surface area contributed by atoms with Gasteiger partial charge in [-0.05, 0) is 73.4 Å². The van der Waals surface area contributed by atoms with E-state index in [4.69, 9.17) is 14.5 Å². The lowest BCUT2D eigenvalue weighted by Crippen LogP contribution is -2.51. The summed E-state index contributed by atoms with van der Waals surface area (Å²) in [6.45, 7) is 8.91. The standard InChI is InChI=1S/C41H50N8O6/c1-7-25(4)35(47-41(53)55-6)39(51)49-21-9-11-33(49)37-43-29-19-16-27(22-30(29)44-37)13-12-26-14-17-28(18-15-26)31-23-42-36(45-31)32-10-8-20-48(32)38(50)34(24(2)3)46-40(52)54-5/h14-19,22-25,32-35H,7-11,20-21H2,1-6H3,(H,42,45)(H,43,44)(H,46,52)(H,47,53)/t25-,32-,33-,34-,35-/m0/s1. The first-order valence-electron chi connectivity index (χ1n) is 19.0. The monoisotopic (exact) mass is 750 g/mol. The number of ether oxygens (including phenoxy) is 2. The lowest BCUT2D eigenvalue weighted by Gasteiger charge is -2.30. The van der Waals surface area contributed by atoms with E-state index in [2.05, 4.69) is 37.4 Å². The highest BCUT2D eigenvalue weighted by Gasteiger charge is 2.39. The second-order valence-corrected chi connectivity index (χ2v) is 14.6. The van der Waals surface area contributed by atoms with Gasteiger partial charge in [-0.25, -0.2) is 19.6 Å². The molecular formula is C41H50N8O6. The number of hydrogen-bond acceptors (Lipinski definition) is 8. The summed E-state index contributed by atoms with van der Waals surface area (Å²) in [4.78, 5) is 71.1. The summed E-state index contributed by atoms with van der Waals surface area (Å²) in [5.41, 5.74) is 5.06. The smallest absolute Gasteiger partial charge is 0.407 e. The van der Waals surface area contributed by atoms with Crippen molar-refractivity contribution in [3.05, 3.63) is 71.4 Å². The maximum Gasteiger partial charge on any atom is 0.407 e. The number of carbonyl (C=O) groups is 4. The van der Waals surface area contributed by atoms with Gasteiger partial charge in [0.1, 0.15) is 23.7 Å². The number of carbonyl (C=O) groups excluding carboxylic acids is 4. The van der Waals surface area contributed by atoms with Crippen molar-refractivity contribution >= 4 is 35.0 Å². The summed E-state index contributed by atoms with van der Waals surface area (Å²) < 4.78 is 9.54. The number of benzene rings is 2. The topological polar surface area (TPSA) is 175 Å². The third-order valence-electron chi connectivity index (χ3n) is 10.7. The van der Waals surface area contributed by atoms with Crippen LogP contribution in [0, 0.1) is 23.7 Å². The van der Waals surface area contributed by atoms with Crippen LogP contribution in [0.4, 0.5) is 9.59 Å². The van der Waals surface area contributed by atoms with Crippen LogP contribution in [0.1, 0.15) is 94.7 Å². The molecule has 0 radical (unpaired) electrons. The Kier molecular flexibility index (Phi) is 12.1. The number of methoxy groups -OCH3 is 2. The fourth-order valence-electron chi connectivity index (χ4n) is 7.35. The van der Waals surface area contributed by atoms with E-state index < -0.39 is 24.3 Å². The minimum Gasteiger partial charge on any atom is -0.453 e. The van der Waals surface area contributed by atoms with E-state index in [-0.39, 0.29) is 35.7 Å². The van der Waals surface area contributed by atoms with Gasteiger partial charge in [-0.15, -0.1) is 0 Å². The first kappa shape index (κ1) is 38.9. The predicted octanol–water partition coefficient (Wildman–Crippen LogP) is 5.83. The molecule has 4 amide bonds. The summed E-state index contributed by atoms with van der Waals surface area (Å²) >= 11 is 0. The Morgan fingerprint density at radius 1 is 0.818 bits per heavy atom. The molecule has 0 unspecified atom stereocenters. The van der Waals surface area contributed by atoms with E-state index in [1.54, 1.807) is 11.1 Å². The molecule has 2 fully saturated rings. The fraction of sp³-hybridized carbons (Fsp3) is 0.463. The Morgan fingerprint density at radius 3 is 2.02 bits per heavy atom. The van der Waals surface area contributed by atoms with Gasteiger partial charge in [0.25, 0.3) is 0 Å². The second kappa shape index (κ2) is 17.1. The van der Waals surface area contributed by atoms with Crippen molar-refractivity contribution in [2.24, 2.45) is 11.8 Å². The molecule has 2 aromatic heterocycles. The minimum absolute atomic E-state index is 0.0614. The molecule has 0 saturated carbocycles. The van der Waals surface area contributed by atoms with Crippen LogP contribution in [-0.4, -0.2) is 93.1 Å². The third-order valence-corrected chi connectivity index (χ3v) is 10.7. The van der Waals surface area contributed by atoms with Crippen LogP contribution in [0.2, 0.25) is 0 Å². The molecule has 2 saturated heterocycles. The van der Waals surface area contributed by atoms with Gasteiger partial charge >= 0.3 is 12.2 Å². The van der Waals surface area contributed by atoms with Crippen molar-refractivity contribution in [1.29, 1.82) is 0 Å². The second-order valence-electron chi connectivity index (χ2n) is 14.6. The molecule has 2 aliphatic heterocycles. The Hall–Kier alpha value is -5.84. The van der Waals surface area contributed by atoms with Crippen molar-refractivity contribution < 1.29 is 28.7 Å². The van der Waals surface area contributed by atoms with E-state index in [0.29, 0.717) is 24.7 Å². The van der Waals surface area contributed by atoms with Crippen LogP contribution < -0.4 is 10.6 Å². The highest BCUT2D eigenvalue weighted by molar-refractivity contribution is 5.87. The van der Waals surface area contributed by atoms with Crippen molar-refractivity contribution in [1.82, 2.24) is 40.4 Å². The normalized spacial score (nSPS) is 18.4. The molecule has 4 N–H and O–H groups in total. The van der Waals surface area contributed by atoms with Gasteiger partial charge in [-0.2, -0.15) is 0 Å². The number of aromatic nitrogens is 4. The molecule has 0 aliphatic carbocycles. The summed E-state index contributed by atoms with van der Waals surface area (Å²) in [6, 6.07) is 11.9. The summed E-state index contributed by atoms with van der Waals surface area (Å²) in [7, 11) is 2.58. The molecular weight excluding hydrogens is 701 g/mol. The SMILES string of the molecule is CC[C@H](C)[C@H](NC(=O)OC)C(=O)N1CCC[C@H]1c1nc2ccc(C#Cc3ccc(-c4cnc([C@@H]5CCCN5C(=O)[C@@H](NC(=O)OC)C(C)C)[nH]4)cc3)cc2[nH]1. The molecule has 55 heavy (non-hydrogen) atoms. The minimum atomic E-state index is -0.693. The summed E-state index contributed by atoms with van der Waals surface area (Å²) in [5, 5.41) is 5.43. The van der Waals surface area contributed by atoms with Crippen molar-refractivity contribution in [2.75, 3.05) is 27.3 Å². The molecule has 4 heterocycles. The molecule has 0 spiro atoms. The van der Waals surface area contributed by atoms with Gasteiger partial charge in [-0.3, -0.25) is 9.59 Å². The van der Waals surface area contributed by atoms with Crippen LogP contribution in [0.5, 0.6) is 0 Å². The predicted molar refractivity (Wildman–Crippen MR) is 206 cm³/mol. The van der Waals surface area contributed by atoms with E-state index in [1.165, 1.54) is 14.2 Å². The molecule has 14 heteroatoms. The number of fused-ring (bicyclic) bond motifs is 1. The maximum atomic E-state index is 13.7. The average Bonchev–Trinajstić information content (AvgIpc) is 4.03. The Balaban J connectivity index is 1.12. The van der Waals surface area contributed by atoms with Crippen LogP contribution >= 0.6 is 0 Å². The molecule has 2 aliphatic rings. The Bertz CT molecular complexity index is 2080. The number of imidazole rings is 2. The van der Waals surface area contributed by atoms with Crippen molar-refractivity contribution in [2.45, 2.75) is 84.0 Å². The number of nitrogens with one attached hydrogen (secondary N) is 4. The van der Waals surface area contributed by atoms with E-state index in [9.17, 15) is 19.2 Å². The highest BCUT2D eigenvalue weighted by atomic mass is 16.5. The van der Waals surface area contributed by atoms with E-state index >= 15 is 0 Å². The number of amides is 4. The molecule has 2 aromatic carbocycles. The van der Waals surface area contributed by atoms with Crippen LogP contribution in [-0.2, 0) is 19.1 Å². The highest BCUT2D eigenvalue weighted by Crippen LogP contribution is 2.34. The first-order valence-corrected chi connectivity index (χ1v) is 19.0. The number of H-pyrrole nitrogens is 2. The molecule has 14 nitrogen and oxygen atoms in total. The zero-order chi connectivity index (χ0) is 39.2. The molecule has 5 atom stereocenters. The summed E-state index contributed by atoms with van der Waals surface area (Å²) in [6.07, 6.45) is 4.48. The van der Waals surface area contributed by atoms with Gasteiger partial charge in [-0.1, -0.05) is 58.1 Å². The number of likely N-dealkylation sites (tertiary alicyclic amines) is 2.